The molecule has 20 heavy (non-hydrogen) atoms. The maximum atomic E-state index is 11.2. The molecule has 0 atom stereocenters. The number of hydroxylamine groups is 2. The lowest BCUT2D eigenvalue weighted by Crippen LogP contribution is -2.45. The average molecular weight is 277 g/mol. The molecule has 0 aliphatic carbocycles. The molecule has 1 aliphatic rings. The molecule has 0 aromatic heterocycles. The van der Waals surface area contributed by atoms with Gasteiger partial charge in [-0.15, -0.1) is 0 Å². The molecule has 0 bridgehead atoms. The van der Waals surface area contributed by atoms with Crippen LogP contribution < -0.4 is 0 Å². The Balaban J connectivity index is 2.20. The van der Waals surface area contributed by atoms with Gasteiger partial charge in [-0.05, 0) is 38.8 Å². The number of rotatable bonds is 4. The zero-order valence-corrected chi connectivity index (χ0v) is 12.9. The lowest BCUT2D eigenvalue weighted by molar-refractivity contribution is -0.261. The Bertz CT molecular complexity index is 473. The summed E-state index contributed by atoms with van der Waals surface area (Å²) in [4.78, 5) is 17.1. The van der Waals surface area contributed by atoms with Crippen molar-refractivity contribution in [3.05, 3.63) is 35.4 Å². The van der Waals surface area contributed by atoms with Gasteiger partial charge in [-0.2, -0.15) is 5.06 Å². The van der Waals surface area contributed by atoms with Crippen molar-refractivity contribution < 1.29 is 14.4 Å². The van der Waals surface area contributed by atoms with Crippen LogP contribution in [-0.4, -0.2) is 24.7 Å². The zero-order valence-electron chi connectivity index (χ0n) is 12.9. The summed E-state index contributed by atoms with van der Waals surface area (Å²) in [5.41, 5.74) is 2.08. The summed E-state index contributed by atoms with van der Waals surface area (Å²) in [7, 11) is 1.39. The lowest BCUT2D eigenvalue weighted by atomic mass is 9.91. The van der Waals surface area contributed by atoms with Crippen molar-refractivity contribution in [1.29, 1.82) is 0 Å². The van der Waals surface area contributed by atoms with Gasteiger partial charge in [-0.1, -0.05) is 24.3 Å². The van der Waals surface area contributed by atoms with Gasteiger partial charge in [0.15, 0.2) is 0 Å². The number of ether oxygens (including phenoxy) is 1. The van der Waals surface area contributed by atoms with E-state index in [0.717, 1.165) is 0 Å². The molecular formula is C16H23NO3. The van der Waals surface area contributed by atoms with Crippen molar-refractivity contribution in [2.75, 3.05) is 13.7 Å². The predicted molar refractivity (Wildman–Crippen MR) is 76.9 cm³/mol. The molecule has 4 nitrogen and oxygen atoms in total. The molecule has 1 heterocycles. The standard InChI is InChI=1S/C16H23NO3/c1-15(2)12-8-6-7-9-13(12)16(3,4)17(15)20-11-10-14(18)19-5/h6-9H,10-11H2,1-5H3. The zero-order chi connectivity index (χ0) is 15.0. The molecule has 0 fully saturated rings. The Morgan fingerprint density at radius 2 is 1.60 bits per heavy atom. The quantitative estimate of drug-likeness (QED) is 0.793. The van der Waals surface area contributed by atoms with E-state index in [9.17, 15) is 4.79 Å². The van der Waals surface area contributed by atoms with Gasteiger partial charge in [-0.25, -0.2) is 0 Å². The predicted octanol–water partition coefficient (Wildman–Crippen LogP) is 2.97. The molecule has 1 aromatic carbocycles. The second-order valence-corrected chi connectivity index (χ2v) is 6.12. The van der Waals surface area contributed by atoms with Crippen LogP contribution in [0.4, 0.5) is 0 Å². The van der Waals surface area contributed by atoms with Crippen molar-refractivity contribution in [3.8, 4) is 0 Å². The minimum Gasteiger partial charge on any atom is -0.469 e. The number of hydrogen-bond donors (Lipinski definition) is 0. The van der Waals surface area contributed by atoms with E-state index in [4.69, 9.17) is 4.84 Å². The van der Waals surface area contributed by atoms with Crippen molar-refractivity contribution in [1.82, 2.24) is 5.06 Å². The van der Waals surface area contributed by atoms with Crippen LogP contribution in [0, 0.1) is 0 Å². The highest BCUT2D eigenvalue weighted by molar-refractivity contribution is 5.69. The van der Waals surface area contributed by atoms with E-state index in [1.54, 1.807) is 0 Å². The number of benzene rings is 1. The van der Waals surface area contributed by atoms with Crippen LogP contribution in [0.2, 0.25) is 0 Å². The lowest BCUT2D eigenvalue weighted by Gasteiger charge is -2.39. The fraction of sp³-hybridized carbons (Fsp3) is 0.562. The SMILES string of the molecule is COC(=O)CCON1C(C)(C)c2ccccc2C1(C)C. The summed E-state index contributed by atoms with van der Waals surface area (Å²) in [6.07, 6.45) is 0.259. The third-order valence-electron chi connectivity index (χ3n) is 4.02. The smallest absolute Gasteiger partial charge is 0.307 e. The largest absolute Gasteiger partial charge is 0.469 e. The van der Waals surface area contributed by atoms with Crippen molar-refractivity contribution in [2.24, 2.45) is 0 Å². The molecular weight excluding hydrogens is 254 g/mol. The number of fused-ring (bicyclic) bond motifs is 1. The number of carbonyl (C=O) groups is 1. The topological polar surface area (TPSA) is 38.8 Å². The van der Waals surface area contributed by atoms with Gasteiger partial charge in [0.1, 0.15) is 0 Å². The van der Waals surface area contributed by atoms with E-state index in [0.29, 0.717) is 6.61 Å². The van der Waals surface area contributed by atoms with E-state index in [1.165, 1.54) is 18.2 Å². The summed E-state index contributed by atoms with van der Waals surface area (Å²) in [5, 5.41) is 1.99. The van der Waals surface area contributed by atoms with Gasteiger partial charge in [0.2, 0.25) is 0 Å². The van der Waals surface area contributed by atoms with Crippen LogP contribution in [0.5, 0.6) is 0 Å². The summed E-state index contributed by atoms with van der Waals surface area (Å²) >= 11 is 0. The highest BCUT2D eigenvalue weighted by Gasteiger charge is 2.50. The number of nitrogens with zero attached hydrogens (tertiary/aromatic N) is 1. The first kappa shape index (κ1) is 15.0. The number of carbonyl (C=O) groups excluding carboxylic acids is 1. The average Bonchev–Trinajstić information content (AvgIpc) is 2.56. The molecule has 2 rings (SSSR count). The van der Waals surface area contributed by atoms with Crippen LogP contribution in [0.1, 0.15) is 45.2 Å². The normalized spacial score (nSPS) is 19.6. The van der Waals surface area contributed by atoms with Crippen LogP contribution in [0.15, 0.2) is 24.3 Å². The maximum absolute atomic E-state index is 11.2. The highest BCUT2D eigenvalue weighted by atomic mass is 16.7. The number of methoxy groups -OCH3 is 1. The van der Waals surface area contributed by atoms with Crippen LogP contribution >= 0.6 is 0 Å². The third kappa shape index (κ3) is 2.34. The fourth-order valence-electron chi connectivity index (χ4n) is 3.11. The summed E-state index contributed by atoms with van der Waals surface area (Å²) in [5.74, 6) is -0.252. The Morgan fingerprint density at radius 3 is 2.05 bits per heavy atom. The molecule has 0 saturated heterocycles. The molecule has 0 spiro atoms. The molecule has 0 N–H and O–H groups in total. The van der Waals surface area contributed by atoms with Crippen molar-refractivity contribution >= 4 is 5.97 Å². The van der Waals surface area contributed by atoms with Gasteiger partial charge < -0.3 is 4.74 Å². The molecule has 0 unspecified atom stereocenters. The van der Waals surface area contributed by atoms with Crippen molar-refractivity contribution in [2.45, 2.75) is 45.2 Å². The minimum atomic E-state index is -0.252. The molecule has 4 heteroatoms. The Morgan fingerprint density at radius 1 is 1.10 bits per heavy atom. The summed E-state index contributed by atoms with van der Waals surface area (Å²) < 4.78 is 4.64. The molecule has 1 aromatic rings. The molecule has 0 radical (unpaired) electrons. The molecule has 0 amide bonds. The first-order chi connectivity index (χ1) is 9.31. The molecule has 1 aliphatic heterocycles. The number of hydrogen-bond acceptors (Lipinski definition) is 4. The fourth-order valence-corrected chi connectivity index (χ4v) is 3.11. The Hall–Kier alpha value is -1.39. The Labute approximate surface area is 120 Å². The first-order valence-electron chi connectivity index (χ1n) is 6.92. The minimum absolute atomic E-state index is 0.226. The second-order valence-electron chi connectivity index (χ2n) is 6.12. The van der Waals surface area contributed by atoms with Crippen molar-refractivity contribution in [3.63, 3.8) is 0 Å². The van der Waals surface area contributed by atoms with Crippen LogP contribution in [-0.2, 0) is 25.4 Å². The number of esters is 1. The molecule has 0 saturated carbocycles. The van der Waals surface area contributed by atoms with E-state index in [-0.39, 0.29) is 23.5 Å². The Kier molecular flexibility index (Phi) is 3.89. The van der Waals surface area contributed by atoms with Gasteiger partial charge in [-0.3, -0.25) is 9.63 Å². The first-order valence-corrected chi connectivity index (χ1v) is 6.92. The van der Waals surface area contributed by atoms with Crippen LogP contribution in [0.3, 0.4) is 0 Å². The highest BCUT2D eigenvalue weighted by Crippen LogP contribution is 2.49. The third-order valence-corrected chi connectivity index (χ3v) is 4.02. The van der Waals surface area contributed by atoms with E-state index >= 15 is 0 Å². The second kappa shape index (κ2) is 5.19. The van der Waals surface area contributed by atoms with E-state index < -0.39 is 0 Å². The summed E-state index contributed by atoms with van der Waals surface area (Å²) in [6.45, 7) is 8.88. The van der Waals surface area contributed by atoms with Gasteiger partial charge in [0.25, 0.3) is 0 Å². The van der Waals surface area contributed by atoms with Gasteiger partial charge in [0.05, 0.1) is 31.2 Å². The van der Waals surface area contributed by atoms with Gasteiger partial charge >= 0.3 is 5.97 Å². The van der Waals surface area contributed by atoms with E-state index in [2.05, 4.69) is 56.7 Å². The molecule has 110 valence electrons. The van der Waals surface area contributed by atoms with Gasteiger partial charge in [0, 0.05) is 0 Å². The summed E-state index contributed by atoms with van der Waals surface area (Å²) in [6, 6.07) is 8.38. The van der Waals surface area contributed by atoms with Crippen LogP contribution in [0.25, 0.3) is 0 Å². The van der Waals surface area contributed by atoms with E-state index in [1.807, 2.05) is 5.06 Å². The maximum Gasteiger partial charge on any atom is 0.307 e. The monoisotopic (exact) mass is 277 g/mol.